The van der Waals surface area contributed by atoms with E-state index in [1.807, 2.05) is 0 Å². The minimum absolute atomic E-state index is 0.113. The minimum atomic E-state index is -0.113. The molecule has 0 aromatic heterocycles. The maximum absolute atomic E-state index is 6.45. The summed E-state index contributed by atoms with van der Waals surface area (Å²) in [5.74, 6) is 1.09. The SMILES string of the molecule is COc1c(C2(N)CCC2)ccc2c1CCCC2. The highest BCUT2D eigenvalue weighted by atomic mass is 16.5. The Morgan fingerprint density at radius 1 is 1.12 bits per heavy atom. The van der Waals surface area contributed by atoms with Crippen LogP contribution in [0.2, 0.25) is 0 Å². The maximum atomic E-state index is 6.45. The Morgan fingerprint density at radius 3 is 2.53 bits per heavy atom. The zero-order valence-electron chi connectivity index (χ0n) is 10.6. The van der Waals surface area contributed by atoms with E-state index in [-0.39, 0.29) is 5.54 Å². The first kappa shape index (κ1) is 11.1. The van der Waals surface area contributed by atoms with Gasteiger partial charge in [-0.2, -0.15) is 0 Å². The summed E-state index contributed by atoms with van der Waals surface area (Å²) < 4.78 is 5.69. The van der Waals surface area contributed by atoms with Crippen LogP contribution in [-0.4, -0.2) is 7.11 Å². The molecule has 2 N–H and O–H groups in total. The second kappa shape index (κ2) is 4.02. The molecule has 0 heterocycles. The Hall–Kier alpha value is -1.02. The first-order chi connectivity index (χ1) is 8.24. The smallest absolute Gasteiger partial charge is 0.127 e. The predicted molar refractivity (Wildman–Crippen MR) is 69.4 cm³/mol. The van der Waals surface area contributed by atoms with Crippen molar-refractivity contribution < 1.29 is 4.74 Å². The lowest BCUT2D eigenvalue weighted by Gasteiger charge is -2.40. The van der Waals surface area contributed by atoms with Crippen molar-refractivity contribution in [2.24, 2.45) is 5.73 Å². The molecule has 2 aliphatic rings. The molecule has 0 radical (unpaired) electrons. The Kier molecular flexibility index (Phi) is 2.62. The van der Waals surface area contributed by atoms with E-state index in [0.29, 0.717) is 0 Å². The Labute approximate surface area is 103 Å². The molecule has 3 rings (SSSR count). The van der Waals surface area contributed by atoms with Crippen molar-refractivity contribution >= 4 is 0 Å². The van der Waals surface area contributed by atoms with Gasteiger partial charge >= 0.3 is 0 Å². The fourth-order valence-electron chi connectivity index (χ4n) is 3.25. The molecule has 92 valence electrons. The summed E-state index contributed by atoms with van der Waals surface area (Å²) in [6, 6.07) is 4.49. The third kappa shape index (κ3) is 1.66. The maximum Gasteiger partial charge on any atom is 0.127 e. The third-order valence-electron chi connectivity index (χ3n) is 4.47. The fraction of sp³-hybridized carbons (Fsp3) is 0.600. The molecule has 17 heavy (non-hydrogen) atoms. The molecule has 1 aromatic rings. The summed E-state index contributed by atoms with van der Waals surface area (Å²) >= 11 is 0. The van der Waals surface area contributed by atoms with Gasteiger partial charge in [0.05, 0.1) is 7.11 Å². The first-order valence-electron chi connectivity index (χ1n) is 6.73. The summed E-state index contributed by atoms with van der Waals surface area (Å²) in [6.45, 7) is 0. The van der Waals surface area contributed by atoms with E-state index in [9.17, 15) is 0 Å². The molecule has 0 bridgehead atoms. The number of benzene rings is 1. The van der Waals surface area contributed by atoms with Gasteiger partial charge in [0.15, 0.2) is 0 Å². The summed E-state index contributed by atoms with van der Waals surface area (Å²) in [5, 5.41) is 0. The van der Waals surface area contributed by atoms with Crippen molar-refractivity contribution in [1.82, 2.24) is 0 Å². The highest BCUT2D eigenvalue weighted by Gasteiger charge is 2.37. The highest BCUT2D eigenvalue weighted by Crippen LogP contribution is 2.45. The first-order valence-corrected chi connectivity index (χ1v) is 6.73. The third-order valence-corrected chi connectivity index (χ3v) is 4.47. The molecule has 1 aromatic carbocycles. The lowest BCUT2D eigenvalue weighted by molar-refractivity contribution is 0.243. The highest BCUT2D eigenvalue weighted by molar-refractivity contribution is 5.51. The van der Waals surface area contributed by atoms with Crippen LogP contribution in [0.25, 0.3) is 0 Å². The average molecular weight is 231 g/mol. The molecular formula is C15H21NO. The van der Waals surface area contributed by atoms with Crippen molar-refractivity contribution in [1.29, 1.82) is 0 Å². The predicted octanol–water partition coefficient (Wildman–Crippen LogP) is 2.91. The summed E-state index contributed by atoms with van der Waals surface area (Å²) in [5.41, 5.74) is 10.5. The molecule has 0 saturated heterocycles. The van der Waals surface area contributed by atoms with Crippen LogP contribution in [0.5, 0.6) is 5.75 Å². The molecule has 2 aliphatic carbocycles. The number of rotatable bonds is 2. The Balaban J connectivity index is 2.10. The van der Waals surface area contributed by atoms with Crippen LogP contribution in [0.3, 0.4) is 0 Å². The number of aryl methyl sites for hydroxylation is 1. The molecule has 2 nitrogen and oxygen atoms in total. The van der Waals surface area contributed by atoms with Crippen LogP contribution >= 0.6 is 0 Å². The van der Waals surface area contributed by atoms with Gasteiger partial charge in [0.2, 0.25) is 0 Å². The van der Waals surface area contributed by atoms with E-state index in [1.165, 1.54) is 42.4 Å². The second-order valence-electron chi connectivity index (χ2n) is 5.50. The summed E-state index contributed by atoms with van der Waals surface area (Å²) in [6.07, 6.45) is 8.39. The monoisotopic (exact) mass is 231 g/mol. The lowest BCUT2D eigenvalue weighted by Crippen LogP contribution is -2.43. The van der Waals surface area contributed by atoms with Crippen LogP contribution in [0.1, 0.15) is 48.8 Å². The number of hydrogen-bond acceptors (Lipinski definition) is 2. The largest absolute Gasteiger partial charge is 0.496 e. The minimum Gasteiger partial charge on any atom is -0.496 e. The van der Waals surface area contributed by atoms with Gasteiger partial charge in [-0.15, -0.1) is 0 Å². The van der Waals surface area contributed by atoms with Gasteiger partial charge in [-0.25, -0.2) is 0 Å². The van der Waals surface area contributed by atoms with Gasteiger partial charge in [0, 0.05) is 11.1 Å². The van der Waals surface area contributed by atoms with E-state index < -0.39 is 0 Å². The molecule has 0 atom stereocenters. The molecule has 0 aliphatic heterocycles. The van der Waals surface area contributed by atoms with Crippen LogP contribution in [0.4, 0.5) is 0 Å². The fourth-order valence-corrected chi connectivity index (χ4v) is 3.25. The number of hydrogen-bond donors (Lipinski definition) is 1. The van der Waals surface area contributed by atoms with E-state index in [0.717, 1.165) is 25.0 Å². The van der Waals surface area contributed by atoms with Crippen molar-refractivity contribution in [2.45, 2.75) is 50.5 Å². The zero-order valence-corrected chi connectivity index (χ0v) is 10.6. The molecule has 0 spiro atoms. The Bertz CT molecular complexity index is 435. The summed E-state index contributed by atoms with van der Waals surface area (Å²) in [4.78, 5) is 0. The second-order valence-corrected chi connectivity index (χ2v) is 5.50. The van der Waals surface area contributed by atoms with Crippen molar-refractivity contribution in [3.05, 3.63) is 28.8 Å². The van der Waals surface area contributed by atoms with Crippen molar-refractivity contribution in [3.63, 3.8) is 0 Å². The summed E-state index contributed by atoms with van der Waals surface area (Å²) in [7, 11) is 1.79. The van der Waals surface area contributed by atoms with Crippen LogP contribution < -0.4 is 10.5 Å². The Morgan fingerprint density at radius 2 is 1.88 bits per heavy atom. The number of ether oxygens (including phenoxy) is 1. The number of methoxy groups -OCH3 is 1. The molecule has 1 fully saturated rings. The lowest BCUT2D eigenvalue weighted by atomic mass is 9.71. The molecular weight excluding hydrogens is 210 g/mol. The van der Waals surface area contributed by atoms with E-state index >= 15 is 0 Å². The molecule has 0 amide bonds. The topological polar surface area (TPSA) is 35.2 Å². The van der Waals surface area contributed by atoms with Gasteiger partial charge in [-0.05, 0) is 56.1 Å². The van der Waals surface area contributed by atoms with Crippen molar-refractivity contribution in [3.8, 4) is 5.75 Å². The van der Waals surface area contributed by atoms with Gasteiger partial charge < -0.3 is 10.5 Å². The van der Waals surface area contributed by atoms with E-state index in [4.69, 9.17) is 10.5 Å². The van der Waals surface area contributed by atoms with Gasteiger partial charge in [0.25, 0.3) is 0 Å². The van der Waals surface area contributed by atoms with E-state index in [2.05, 4.69) is 12.1 Å². The van der Waals surface area contributed by atoms with Gasteiger partial charge in [-0.3, -0.25) is 0 Å². The standard InChI is InChI=1S/C15H21NO/c1-17-14-12-6-3-2-5-11(12)7-8-13(14)15(16)9-4-10-15/h7-8H,2-6,9-10,16H2,1H3. The van der Waals surface area contributed by atoms with Crippen molar-refractivity contribution in [2.75, 3.05) is 7.11 Å². The van der Waals surface area contributed by atoms with Crippen LogP contribution in [-0.2, 0) is 18.4 Å². The van der Waals surface area contributed by atoms with Crippen LogP contribution in [0, 0.1) is 0 Å². The number of nitrogens with two attached hydrogens (primary N) is 1. The van der Waals surface area contributed by atoms with Crippen LogP contribution in [0.15, 0.2) is 12.1 Å². The zero-order chi connectivity index (χ0) is 11.9. The van der Waals surface area contributed by atoms with E-state index in [1.54, 1.807) is 7.11 Å². The molecule has 1 saturated carbocycles. The molecule has 0 unspecified atom stereocenters. The molecule has 2 heteroatoms. The average Bonchev–Trinajstić information content (AvgIpc) is 2.34. The van der Waals surface area contributed by atoms with Gasteiger partial charge in [0.1, 0.15) is 5.75 Å². The normalized spacial score (nSPS) is 21.5. The number of fused-ring (bicyclic) bond motifs is 1. The van der Waals surface area contributed by atoms with Gasteiger partial charge in [-0.1, -0.05) is 12.1 Å². The quantitative estimate of drug-likeness (QED) is 0.849.